The first kappa shape index (κ1) is 20.1. The molecular weight excluding hydrogens is 408 g/mol. The smallest absolute Gasteiger partial charge is 0.232 e. The Kier molecular flexibility index (Phi) is 5.66. The molecule has 1 saturated heterocycles. The van der Waals surface area contributed by atoms with E-state index in [1.54, 1.807) is 0 Å². The van der Waals surface area contributed by atoms with Gasteiger partial charge in [0.25, 0.3) is 0 Å². The van der Waals surface area contributed by atoms with Crippen LogP contribution in [-0.2, 0) is 11.3 Å². The van der Waals surface area contributed by atoms with Crippen LogP contribution in [0.25, 0.3) is 0 Å². The van der Waals surface area contributed by atoms with Crippen LogP contribution in [0.4, 0.5) is 0 Å². The lowest BCUT2D eigenvalue weighted by Gasteiger charge is -2.34. The van der Waals surface area contributed by atoms with Crippen molar-refractivity contribution in [2.24, 2.45) is 0 Å². The van der Waals surface area contributed by atoms with Crippen molar-refractivity contribution in [1.29, 1.82) is 0 Å². The van der Waals surface area contributed by atoms with Gasteiger partial charge in [0.15, 0.2) is 0 Å². The molecule has 2 aliphatic heterocycles. The van der Waals surface area contributed by atoms with Crippen molar-refractivity contribution < 1.29 is 9.53 Å². The zero-order valence-corrected chi connectivity index (χ0v) is 18.0. The molecule has 3 aromatic rings. The summed E-state index contributed by atoms with van der Waals surface area (Å²) in [6.07, 6.45) is 1.90. The van der Waals surface area contributed by atoms with E-state index in [-0.39, 0.29) is 17.9 Å². The molecule has 31 heavy (non-hydrogen) atoms. The summed E-state index contributed by atoms with van der Waals surface area (Å²) in [5.41, 5.74) is 3.13. The number of nitrogens with zero attached hydrogens (tertiary/aromatic N) is 1. The van der Waals surface area contributed by atoms with E-state index in [0.717, 1.165) is 60.1 Å². The van der Waals surface area contributed by atoms with Gasteiger partial charge in [0.2, 0.25) is 5.91 Å². The molecule has 4 nitrogen and oxygen atoms in total. The van der Waals surface area contributed by atoms with Gasteiger partial charge in [-0.15, -0.1) is 0 Å². The highest BCUT2D eigenvalue weighted by Gasteiger charge is 2.33. The first-order valence-electron chi connectivity index (χ1n) is 10.8. The van der Waals surface area contributed by atoms with Crippen molar-refractivity contribution in [2.45, 2.75) is 31.3 Å². The van der Waals surface area contributed by atoms with Crippen LogP contribution in [0.15, 0.2) is 72.8 Å². The minimum Gasteiger partial charge on any atom is -0.457 e. The van der Waals surface area contributed by atoms with Gasteiger partial charge in [-0.05, 0) is 42.7 Å². The van der Waals surface area contributed by atoms with Crippen LogP contribution >= 0.6 is 11.6 Å². The quantitative estimate of drug-likeness (QED) is 0.603. The zero-order valence-electron chi connectivity index (χ0n) is 17.3. The molecule has 158 valence electrons. The zero-order chi connectivity index (χ0) is 21.2. The van der Waals surface area contributed by atoms with Crippen molar-refractivity contribution in [2.75, 3.05) is 13.1 Å². The molecule has 1 N–H and O–H groups in total. The van der Waals surface area contributed by atoms with Gasteiger partial charge < -0.3 is 10.1 Å². The number of piperidine rings is 1. The van der Waals surface area contributed by atoms with Gasteiger partial charge in [-0.25, -0.2) is 0 Å². The number of nitrogens with one attached hydrogen (secondary N) is 1. The van der Waals surface area contributed by atoms with Crippen molar-refractivity contribution in [3.05, 3.63) is 94.5 Å². The first-order chi connectivity index (χ1) is 15.2. The van der Waals surface area contributed by atoms with E-state index in [1.165, 1.54) is 5.56 Å². The fourth-order valence-corrected chi connectivity index (χ4v) is 4.69. The number of benzene rings is 3. The number of fused-ring (bicyclic) bond motifs is 2. The van der Waals surface area contributed by atoms with E-state index in [0.29, 0.717) is 0 Å². The number of hydrogen-bond acceptors (Lipinski definition) is 3. The molecule has 0 radical (unpaired) electrons. The summed E-state index contributed by atoms with van der Waals surface area (Å²) in [5, 5.41) is 4.09. The topological polar surface area (TPSA) is 41.6 Å². The van der Waals surface area contributed by atoms with Gasteiger partial charge in [0.05, 0.1) is 5.92 Å². The molecule has 0 spiro atoms. The van der Waals surface area contributed by atoms with Crippen molar-refractivity contribution in [3.63, 3.8) is 0 Å². The maximum Gasteiger partial charge on any atom is 0.232 e. The Hall–Kier alpha value is -2.82. The van der Waals surface area contributed by atoms with E-state index in [2.05, 4.69) is 22.3 Å². The first-order valence-corrected chi connectivity index (χ1v) is 11.2. The van der Waals surface area contributed by atoms with Crippen LogP contribution in [0.3, 0.4) is 0 Å². The highest BCUT2D eigenvalue weighted by atomic mass is 35.5. The number of carbonyl (C=O) groups is 1. The molecule has 0 atom stereocenters. The molecule has 0 aliphatic carbocycles. The second-order valence-corrected chi connectivity index (χ2v) is 8.73. The molecule has 5 heteroatoms. The fraction of sp³-hybridized carbons (Fsp3) is 0.269. The highest BCUT2D eigenvalue weighted by molar-refractivity contribution is 6.30. The van der Waals surface area contributed by atoms with Gasteiger partial charge in [0.1, 0.15) is 11.5 Å². The number of hydrogen-bond donors (Lipinski definition) is 1. The molecule has 0 unspecified atom stereocenters. The summed E-state index contributed by atoms with van der Waals surface area (Å²) in [6, 6.07) is 23.9. The van der Waals surface area contributed by atoms with Gasteiger partial charge in [-0.1, -0.05) is 60.1 Å². The lowest BCUT2D eigenvalue weighted by atomic mass is 9.87. The molecule has 5 rings (SSSR count). The standard InChI is InChI=1S/C26H25ClN2O2/c27-19-11-9-18(10-12-19)17-29-15-13-20(14-16-29)28-26(30)25-21-5-1-3-7-23(21)31-24-8-4-2-6-22(24)25/h1-12,20,25H,13-17H2,(H,28,30). The van der Waals surface area contributed by atoms with Crippen molar-refractivity contribution >= 4 is 17.5 Å². The molecule has 1 fully saturated rings. The Morgan fingerprint density at radius 2 is 1.48 bits per heavy atom. The van der Waals surface area contributed by atoms with Gasteiger partial charge >= 0.3 is 0 Å². The van der Waals surface area contributed by atoms with E-state index in [4.69, 9.17) is 16.3 Å². The largest absolute Gasteiger partial charge is 0.457 e. The van der Waals surface area contributed by atoms with Crippen LogP contribution in [0.2, 0.25) is 5.02 Å². The third kappa shape index (κ3) is 4.32. The Morgan fingerprint density at radius 3 is 2.10 bits per heavy atom. The predicted octanol–water partition coefficient (Wildman–Crippen LogP) is 5.36. The summed E-state index contributed by atoms with van der Waals surface area (Å²) in [7, 11) is 0. The normalized spacial score (nSPS) is 16.8. The van der Waals surface area contributed by atoms with E-state index < -0.39 is 0 Å². The van der Waals surface area contributed by atoms with Crippen molar-refractivity contribution in [1.82, 2.24) is 10.2 Å². The van der Waals surface area contributed by atoms with Crippen LogP contribution in [-0.4, -0.2) is 29.9 Å². The molecule has 2 heterocycles. The SMILES string of the molecule is O=C(NC1CCN(Cc2ccc(Cl)cc2)CC1)C1c2ccccc2Oc2ccccc21. The summed E-state index contributed by atoms with van der Waals surface area (Å²) < 4.78 is 6.03. The third-order valence-electron chi connectivity index (χ3n) is 6.20. The minimum absolute atomic E-state index is 0.0550. The summed E-state index contributed by atoms with van der Waals surface area (Å²) in [6.45, 7) is 2.85. The third-order valence-corrected chi connectivity index (χ3v) is 6.45. The van der Waals surface area contributed by atoms with Gasteiger partial charge in [-0.2, -0.15) is 0 Å². The van der Waals surface area contributed by atoms with Crippen LogP contribution in [0.1, 0.15) is 35.4 Å². The monoisotopic (exact) mass is 432 g/mol. The Labute approximate surface area is 187 Å². The number of rotatable bonds is 4. The maximum absolute atomic E-state index is 13.4. The molecule has 3 aromatic carbocycles. The minimum atomic E-state index is -0.340. The molecular formula is C26H25ClN2O2. The fourth-order valence-electron chi connectivity index (χ4n) is 4.56. The molecule has 0 saturated carbocycles. The highest BCUT2D eigenvalue weighted by Crippen LogP contribution is 2.44. The van der Waals surface area contributed by atoms with Crippen LogP contribution in [0, 0.1) is 0 Å². The van der Waals surface area contributed by atoms with Gasteiger partial charge in [-0.3, -0.25) is 9.69 Å². The lowest BCUT2D eigenvalue weighted by Crippen LogP contribution is -2.46. The van der Waals surface area contributed by atoms with Crippen LogP contribution < -0.4 is 10.1 Å². The second kappa shape index (κ2) is 8.74. The lowest BCUT2D eigenvalue weighted by molar-refractivity contribution is -0.122. The Bertz CT molecular complexity index is 1030. The average Bonchev–Trinajstić information content (AvgIpc) is 2.80. The van der Waals surface area contributed by atoms with Gasteiger partial charge in [0, 0.05) is 41.8 Å². The summed E-state index contributed by atoms with van der Waals surface area (Å²) >= 11 is 5.99. The average molecular weight is 433 g/mol. The number of ether oxygens (including phenoxy) is 1. The Balaban J connectivity index is 1.25. The number of halogens is 1. The Morgan fingerprint density at radius 1 is 0.903 bits per heavy atom. The number of para-hydroxylation sites is 2. The van der Waals surface area contributed by atoms with Crippen molar-refractivity contribution in [3.8, 4) is 11.5 Å². The van der Waals surface area contributed by atoms with E-state index >= 15 is 0 Å². The number of likely N-dealkylation sites (tertiary alicyclic amines) is 1. The summed E-state index contributed by atoms with van der Waals surface area (Å²) in [5.74, 6) is 1.24. The van der Waals surface area contributed by atoms with E-state index in [1.807, 2.05) is 60.7 Å². The number of amides is 1. The number of carbonyl (C=O) groups excluding carboxylic acids is 1. The summed E-state index contributed by atoms with van der Waals surface area (Å²) in [4.78, 5) is 15.8. The molecule has 2 aliphatic rings. The molecule has 0 bridgehead atoms. The van der Waals surface area contributed by atoms with E-state index in [9.17, 15) is 4.79 Å². The predicted molar refractivity (Wildman–Crippen MR) is 123 cm³/mol. The maximum atomic E-state index is 13.4. The molecule has 0 aromatic heterocycles. The molecule has 1 amide bonds. The van der Waals surface area contributed by atoms with Crippen LogP contribution in [0.5, 0.6) is 11.5 Å². The second-order valence-electron chi connectivity index (χ2n) is 8.30.